The summed E-state index contributed by atoms with van der Waals surface area (Å²) in [5.41, 5.74) is 0.0612. The number of halogens is 2. The van der Waals surface area contributed by atoms with Crippen LogP contribution < -0.4 is 10.0 Å². The summed E-state index contributed by atoms with van der Waals surface area (Å²) in [5, 5.41) is 2.62. The number of amides is 1. The number of carbonyl (C=O) groups excluding carboxylic acids is 1. The third kappa shape index (κ3) is 4.78. The maximum absolute atomic E-state index is 14.2. The van der Waals surface area contributed by atoms with Crippen LogP contribution in [-0.4, -0.2) is 20.4 Å². The summed E-state index contributed by atoms with van der Waals surface area (Å²) in [6.45, 7) is 3.55. The lowest BCUT2D eigenvalue weighted by Crippen LogP contribution is -2.32. The van der Waals surface area contributed by atoms with Crippen molar-refractivity contribution in [3.63, 3.8) is 0 Å². The average Bonchev–Trinajstić information content (AvgIpc) is 2.56. The maximum Gasteiger partial charge on any atom is 0.257 e. The first kappa shape index (κ1) is 19.4. The fourth-order valence-electron chi connectivity index (χ4n) is 2.02. The molecule has 0 saturated carbocycles. The number of rotatable bonds is 6. The zero-order chi connectivity index (χ0) is 18.6. The second-order valence-corrected chi connectivity index (χ2v) is 7.63. The zero-order valence-corrected chi connectivity index (χ0v) is 15.3. The molecule has 0 bridgehead atoms. The summed E-state index contributed by atoms with van der Waals surface area (Å²) in [6, 6.07) is 9.38. The van der Waals surface area contributed by atoms with Gasteiger partial charge in [-0.25, -0.2) is 17.5 Å². The molecule has 1 atom stereocenters. The van der Waals surface area contributed by atoms with Gasteiger partial charge in [0.2, 0.25) is 10.0 Å². The normalized spacial score (nSPS) is 12.6. The van der Waals surface area contributed by atoms with E-state index < -0.39 is 21.7 Å². The molecule has 0 aromatic heterocycles. The summed E-state index contributed by atoms with van der Waals surface area (Å²) in [4.78, 5) is 12.0. The smallest absolute Gasteiger partial charge is 0.257 e. The molecule has 5 nitrogen and oxygen atoms in total. The van der Waals surface area contributed by atoms with Gasteiger partial charge in [0, 0.05) is 6.04 Å². The van der Waals surface area contributed by atoms with Gasteiger partial charge in [-0.1, -0.05) is 30.7 Å². The molecule has 134 valence electrons. The monoisotopic (exact) mass is 384 g/mol. The summed E-state index contributed by atoms with van der Waals surface area (Å²) >= 11 is 5.93. The third-order valence-corrected chi connectivity index (χ3v) is 5.50. The van der Waals surface area contributed by atoms with E-state index in [4.69, 9.17) is 11.6 Å². The van der Waals surface area contributed by atoms with E-state index >= 15 is 0 Å². The molecule has 2 aromatic carbocycles. The van der Waals surface area contributed by atoms with Crippen LogP contribution >= 0.6 is 11.6 Å². The van der Waals surface area contributed by atoms with Crippen molar-refractivity contribution in [2.24, 2.45) is 0 Å². The molecule has 2 N–H and O–H groups in total. The van der Waals surface area contributed by atoms with Crippen molar-refractivity contribution >= 4 is 33.2 Å². The molecule has 0 radical (unpaired) electrons. The van der Waals surface area contributed by atoms with Crippen LogP contribution in [0, 0.1) is 5.82 Å². The van der Waals surface area contributed by atoms with Crippen molar-refractivity contribution in [3.05, 3.63) is 58.9 Å². The Hall–Kier alpha value is -1.96. The van der Waals surface area contributed by atoms with E-state index in [0.29, 0.717) is 6.42 Å². The van der Waals surface area contributed by atoms with Gasteiger partial charge in [0.1, 0.15) is 5.82 Å². The number of anilines is 1. The van der Waals surface area contributed by atoms with Crippen LogP contribution in [0.5, 0.6) is 0 Å². The molecule has 0 unspecified atom stereocenters. The highest BCUT2D eigenvalue weighted by atomic mass is 35.5. The number of hydrogen-bond donors (Lipinski definition) is 2. The van der Waals surface area contributed by atoms with E-state index in [0.717, 1.165) is 6.07 Å². The lowest BCUT2D eigenvalue weighted by molar-refractivity contribution is 0.102. The minimum absolute atomic E-state index is 0.132. The van der Waals surface area contributed by atoms with Crippen LogP contribution in [0.25, 0.3) is 0 Å². The fourth-order valence-corrected chi connectivity index (χ4v) is 3.58. The van der Waals surface area contributed by atoms with Gasteiger partial charge in [-0.05, 0) is 43.7 Å². The van der Waals surface area contributed by atoms with Gasteiger partial charge >= 0.3 is 0 Å². The lowest BCUT2D eigenvalue weighted by atomic mass is 10.2. The quantitative estimate of drug-likeness (QED) is 0.795. The van der Waals surface area contributed by atoms with Crippen LogP contribution in [0.1, 0.15) is 30.6 Å². The maximum atomic E-state index is 14.2. The van der Waals surface area contributed by atoms with E-state index in [2.05, 4.69) is 10.0 Å². The number of carbonyl (C=O) groups is 1. The average molecular weight is 385 g/mol. The predicted molar refractivity (Wildman–Crippen MR) is 95.9 cm³/mol. The van der Waals surface area contributed by atoms with Gasteiger partial charge < -0.3 is 5.32 Å². The first-order valence-electron chi connectivity index (χ1n) is 7.62. The van der Waals surface area contributed by atoms with Gasteiger partial charge in [0.25, 0.3) is 5.91 Å². The van der Waals surface area contributed by atoms with E-state index in [1.54, 1.807) is 25.1 Å². The van der Waals surface area contributed by atoms with E-state index in [9.17, 15) is 17.6 Å². The minimum atomic E-state index is -3.82. The molecule has 0 aliphatic carbocycles. The SMILES string of the molecule is CC[C@H](C)NS(=O)(=O)c1ccc(NC(=O)c2ccccc2Cl)c(F)c1. The van der Waals surface area contributed by atoms with Gasteiger partial charge in [0.05, 0.1) is 21.2 Å². The highest BCUT2D eigenvalue weighted by Gasteiger charge is 2.19. The van der Waals surface area contributed by atoms with Crippen molar-refractivity contribution in [1.82, 2.24) is 4.72 Å². The van der Waals surface area contributed by atoms with Crippen molar-refractivity contribution in [1.29, 1.82) is 0 Å². The topological polar surface area (TPSA) is 75.3 Å². The molecule has 8 heteroatoms. The molecular formula is C17H18ClFN2O3S. The minimum Gasteiger partial charge on any atom is -0.319 e. The van der Waals surface area contributed by atoms with Gasteiger partial charge in [-0.2, -0.15) is 0 Å². The van der Waals surface area contributed by atoms with Crippen molar-refractivity contribution in [3.8, 4) is 0 Å². The van der Waals surface area contributed by atoms with Crippen LogP contribution in [0.15, 0.2) is 47.4 Å². The lowest BCUT2D eigenvalue weighted by Gasteiger charge is -2.13. The van der Waals surface area contributed by atoms with E-state index in [1.165, 1.54) is 18.2 Å². The number of nitrogens with one attached hydrogen (secondary N) is 2. The van der Waals surface area contributed by atoms with Crippen LogP contribution in [0.4, 0.5) is 10.1 Å². The predicted octanol–water partition coefficient (Wildman–Crippen LogP) is 3.81. The fraction of sp³-hybridized carbons (Fsp3) is 0.235. The second kappa shape index (κ2) is 7.95. The van der Waals surface area contributed by atoms with Crippen LogP contribution in [0.3, 0.4) is 0 Å². The van der Waals surface area contributed by atoms with E-state index in [-0.39, 0.29) is 27.2 Å². The first-order valence-corrected chi connectivity index (χ1v) is 9.48. The Morgan fingerprint density at radius 3 is 2.52 bits per heavy atom. The standard InChI is InChI=1S/C17H18ClFN2O3S/c1-3-11(2)21-25(23,24)12-8-9-16(15(19)10-12)20-17(22)13-6-4-5-7-14(13)18/h4-11,21H,3H2,1-2H3,(H,20,22)/t11-/m0/s1. The van der Waals surface area contributed by atoms with Gasteiger partial charge in [0.15, 0.2) is 0 Å². The Morgan fingerprint density at radius 2 is 1.92 bits per heavy atom. The van der Waals surface area contributed by atoms with Gasteiger partial charge in [-0.15, -0.1) is 0 Å². The summed E-state index contributed by atoms with van der Waals surface area (Å²) in [7, 11) is -3.82. The highest BCUT2D eigenvalue weighted by molar-refractivity contribution is 7.89. The molecule has 0 fully saturated rings. The Morgan fingerprint density at radius 1 is 1.24 bits per heavy atom. The molecule has 0 spiro atoms. The molecular weight excluding hydrogens is 367 g/mol. The largest absolute Gasteiger partial charge is 0.319 e. The summed E-state index contributed by atoms with van der Waals surface area (Å²) < 4.78 is 41.0. The highest BCUT2D eigenvalue weighted by Crippen LogP contribution is 2.22. The number of benzene rings is 2. The molecule has 0 saturated heterocycles. The zero-order valence-electron chi connectivity index (χ0n) is 13.7. The summed E-state index contributed by atoms with van der Waals surface area (Å²) in [6.07, 6.45) is 0.605. The Kier molecular flexibility index (Phi) is 6.16. The molecule has 0 heterocycles. The molecule has 2 aromatic rings. The molecule has 0 aliphatic heterocycles. The second-order valence-electron chi connectivity index (χ2n) is 5.51. The first-order chi connectivity index (χ1) is 11.7. The van der Waals surface area contributed by atoms with Crippen LogP contribution in [0.2, 0.25) is 5.02 Å². The molecule has 25 heavy (non-hydrogen) atoms. The van der Waals surface area contributed by atoms with E-state index in [1.807, 2.05) is 6.92 Å². The van der Waals surface area contributed by atoms with Crippen molar-refractivity contribution in [2.75, 3.05) is 5.32 Å². The van der Waals surface area contributed by atoms with Crippen molar-refractivity contribution < 1.29 is 17.6 Å². The van der Waals surface area contributed by atoms with Crippen LogP contribution in [-0.2, 0) is 10.0 Å². The number of hydrogen-bond acceptors (Lipinski definition) is 3. The molecule has 1 amide bonds. The Bertz CT molecular complexity index is 887. The van der Waals surface area contributed by atoms with Crippen molar-refractivity contribution in [2.45, 2.75) is 31.2 Å². The summed E-state index contributed by atoms with van der Waals surface area (Å²) in [5.74, 6) is -1.44. The third-order valence-electron chi connectivity index (χ3n) is 3.59. The number of sulfonamides is 1. The molecule has 0 aliphatic rings. The Labute approximate surface area is 151 Å². The Balaban J connectivity index is 2.23. The molecule has 2 rings (SSSR count). The van der Waals surface area contributed by atoms with Gasteiger partial charge in [-0.3, -0.25) is 4.79 Å².